The van der Waals surface area contributed by atoms with Gasteiger partial charge in [-0.2, -0.15) is 0 Å². The molecule has 1 amide bonds. The summed E-state index contributed by atoms with van der Waals surface area (Å²) >= 11 is 1.62. The van der Waals surface area contributed by atoms with E-state index in [1.54, 1.807) is 17.8 Å². The zero-order valence-corrected chi connectivity index (χ0v) is 15.5. The van der Waals surface area contributed by atoms with Gasteiger partial charge < -0.3 is 15.6 Å². The molecule has 2 rings (SSSR count). The number of carboxylic acid groups (broad SMARTS) is 1. The van der Waals surface area contributed by atoms with Gasteiger partial charge in [0.1, 0.15) is 5.75 Å². The van der Waals surface area contributed by atoms with Crippen LogP contribution in [-0.4, -0.2) is 29.1 Å². The topological polar surface area (TPSA) is 75.8 Å². The molecule has 0 bridgehead atoms. The Balaban J connectivity index is 1.96. The van der Waals surface area contributed by atoms with Gasteiger partial charge in [-0.15, -0.1) is 11.8 Å². The van der Waals surface area contributed by atoms with Crippen molar-refractivity contribution in [3.63, 3.8) is 0 Å². The number of hydrogen-bond donors (Lipinski definition) is 2. The number of amides is 1. The van der Waals surface area contributed by atoms with Gasteiger partial charge >= 0.3 is 6.09 Å². The Morgan fingerprint density at radius 1 is 1.20 bits per heavy atom. The average molecular weight is 360 g/mol. The average Bonchev–Trinajstić information content (AvgIpc) is 2.50. The van der Waals surface area contributed by atoms with E-state index in [9.17, 15) is 9.90 Å². The van der Waals surface area contributed by atoms with Gasteiger partial charge in [0, 0.05) is 33.6 Å². The maximum Gasteiger partial charge on any atom is 0.412 e. The molecule has 0 aliphatic rings. The van der Waals surface area contributed by atoms with E-state index in [2.05, 4.69) is 0 Å². The highest BCUT2D eigenvalue weighted by molar-refractivity contribution is 7.99. The van der Waals surface area contributed by atoms with E-state index in [1.807, 2.05) is 63.2 Å². The highest BCUT2D eigenvalue weighted by atomic mass is 32.2. The van der Waals surface area contributed by atoms with Gasteiger partial charge in [-0.05, 0) is 51.1 Å². The number of hydrogen-bond acceptors (Lipinski definition) is 4. The molecule has 0 aromatic heterocycles. The number of anilines is 2. The quantitative estimate of drug-likeness (QED) is 0.443. The first-order chi connectivity index (χ1) is 11.8. The first-order valence-corrected chi connectivity index (χ1v) is 9.00. The molecular weight excluding hydrogens is 336 g/mol. The van der Waals surface area contributed by atoms with Gasteiger partial charge in [0.25, 0.3) is 0 Å². The SMILES string of the molecule is CC(C)(C)N(C(=O)O)c1cccc(SCCOc2cccc(N)c2)c1. The number of ether oxygens (including phenoxy) is 1. The van der Waals surface area contributed by atoms with Crippen molar-refractivity contribution < 1.29 is 14.6 Å². The van der Waals surface area contributed by atoms with Crippen molar-refractivity contribution >= 4 is 29.2 Å². The number of nitrogen functional groups attached to an aromatic ring is 1. The molecule has 134 valence electrons. The molecule has 25 heavy (non-hydrogen) atoms. The summed E-state index contributed by atoms with van der Waals surface area (Å²) < 4.78 is 5.67. The molecule has 0 aliphatic heterocycles. The Hall–Kier alpha value is -2.34. The lowest BCUT2D eigenvalue weighted by Gasteiger charge is -2.33. The molecule has 0 spiro atoms. The zero-order chi connectivity index (χ0) is 18.4. The second-order valence-electron chi connectivity index (χ2n) is 6.56. The van der Waals surface area contributed by atoms with E-state index >= 15 is 0 Å². The first kappa shape index (κ1) is 19.0. The van der Waals surface area contributed by atoms with Gasteiger partial charge in [0.05, 0.1) is 6.61 Å². The number of thioether (sulfide) groups is 1. The standard InChI is InChI=1S/C19H24N2O3S/c1-19(2,3)21(18(22)23)15-7-5-9-17(13-15)25-11-10-24-16-8-4-6-14(20)12-16/h4-9,12-13H,10-11,20H2,1-3H3,(H,22,23). The van der Waals surface area contributed by atoms with Crippen LogP contribution in [0.5, 0.6) is 5.75 Å². The minimum absolute atomic E-state index is 0.508. The van der Waals surface area contributed by atoms with Gasteiger partial charge in [0.2, 0.25) is 0 Å². The maximum atomic E-state index is 11.6. The van der Waals surface area contributed by atoms with Gasteiger partial charge in [0.15, 0.2) is 0 Å². The number of benzene rings is 2. The van der Waals surface area contributed by atoms with Crippen molar-refractivity contribution in [3.8, 4) is 5.75 Å². The van der Waals surface area contributed by atoms with E-state index in [1.165, 1.54) is 4.90 Å². The van der Waals surface area contributed by atoms with E-state index in [4.69, 9.17) is 10.5 Å². The monoisotopic (exact) mass is 360 g/mol. The number of rotatable bonds is 6. The predicted molar refractivity (Wildman–Crippen MR) is 104 cm³/mol. The Bertz CT molecular complexity index is 729. The molecule has 5 nitrogen and oxygen atoms in total. The third kappa shape index (κ3) is 5.60. The summed E-state index contributed by atoms with van der Waals surface area (Å²) in [4.78, 5) is 14.0. The number of nitrogens with two attached hydrogens (primary N) is 1. The lowest BCUT2D eigenvalue weighted by Crippen LogP contribution is -2.45. The summed E-state index contributed by atoms with van der Waals surface area (Å²) in [5.74, 6) is 1.50. The van der Waals surface area contributed by atoms with Crippen molar-refractivity contribution in [1.82, 2.24) is 0 Å². The Morgan fingerprint density at radius 3 is 2.56 bits per heavy atom. The minimum Gasteiger partial charge on any atom is -0.493 e. The van der Waals surface area contributed by atoms with E-state index < -0.39 is 11.6 Å². The molecule has 0 atom stereocenters. The molecular formula is C19H24N2O3S. The fourth-order valence-corrected chi connectivity index (χ4v) is 3.20. The fraction of sp³-hybridized carbons (Fsp3) is 0.316. The van der Waals surface area contributed by atoms with Crippen LogP contribution in [0.3, 0.4) is 0 Å². The summed E-state index contributed by atoms with van der Waals surface area (Å²) in [7, 11) is 0. The molecule has 0 radical (unpaired) electrons. The number of nitrogens with zero attached hydrogens (tertiary/aromatic N) is 1. The Morgan fingerprint density at radius 2 is 1.92 bits per heavy atom. The summed E-state index contributed by atoms with van der Waals surface area (Å²) in [6.45, 7) is 6.17. The fourth-order valence-electron chi connectivity index (χ4n) is 2.42. The van der Waals surface area contributed by atoms with Gasteiger partial charge in [-0.1, -0.05) is 12.1 Å². The van der Waals surface area contributed by atoms with E-state index in [0.29, 0.717) is 18.0 Å². The third-order valence-corrected chi connectivity index (χ3v) is 4.37. The summed E-state index contributed by atoms with van der Waals surface area (Å²) in [6.07, 6.45) is -0.959. The molecule has 6 heteroatoms. The lowest BCUT2D eigenvalue weighted by molar-refractivity contribution is 0.195. The van der Waals surface area contributed by atoms with Crippen LogP contribution < -0.4 is 15.4 Å². The molecule has 2 aromatic rings. The van der Waals surface area contributed by atoms with Crippen molar-refractivity contribution in [2.75, 3.05) is 23.0 Å². The molecule has 0 fully saturated rings. The smallest absolute Gasteiger partial charge is 0.412 e. The zero-order valence-electron chi connectivity index (χ0n) is 14.7. The second kappa shape index (κ2) is 8.16. The van der Waals surface area contributed by atoms with Crippen LogP contribution in [0.1, 0.15) is 20.8 Å². The van der Waals surface area contributed by atoms with E-state index in [-0.39, 0.29) is 0 Å². The van der Waals surface area contributed by atoms with Crippen molar-refractivity contribution in [3.05, 3.63) is 48.5 Å². The Labute approximate surface area is 152 Å². The second-order valence-corrected chi connectivity index (χ2v) is 7.72. The highest BCUT2D eigenvalue weighted by Gasteiger charge is 2.27. The predicted octanol–water partition coefficient (Wildman–Crippen LogP) is 4.72. The summed E-state index contributed by atoms with van der Waals surface area (Å²) in [5, 5.41) is 9.50. The van der Waals surface area contributed by atoms with Crippen LogP contribution in [-0.2, 0) is 0 Å². The Kier molecular flexibility index (Phi) is 6.20. The molecule has 0 saturated heterocycles. The molecule has 0 saturated carbocycles. The molecule has 2 aromatic carbocycles. The first-order valence-electron chi connectivity index (χ1n) is 8.02. The van der Waals surface area contributed by atoms with Crippen LogP contribution in [0, 0.1) is 0 Å². The van der Waals surface area contributed by atoms with Gasteiger partial charge in [-0.3, -0.25) is 4.90 Å². The molecule has 0 unspecified atom stereocenters. The van der Waals surface area contributed by atoms with Crippen molar-refractivity contribution in [2.24, 2.45) is 0 Å². The normalized spacial score (nSPS) is 11.2. The summed E-state index contributed by atoms with van der Waals surface area (Å²) in [6, 6.07) is 14.9. The maximum absolute atomic E-state index is 11.6. The molecule has 0 heterocycles. The molecule has 0 aliphatic carbocycles. The van der Waals surface area contributed by atoms with Crippen molar-refractivity contribution in [1.29, 1.82) is 0 Å². The van der Waals surface area contributed by atoms with E-state index in [0.717, 1.165) is 16.4 Å². The number of carbonyl (C=O) groups is 1. The van der Waals surface area contributed by atoms with Crippen LogP contribution in [0.15, 0.2) is 53.4 Å². The van der Waals surface area contributed by atoms with Crippen LogP contribution in [0.2, 0.25) is 0 Å². The van der Waals surface area contributed by atoms with Crippen LogP contribution in [0.4, 0.5) is 16.2 Å². The minimum atomic E-state index is -0.959. The third-order valence-electron chi connectivity index (χ3n) is 3.42. The lowest BCUT2D eigenvalue weighted by atomic mass is 10.1. The highest BCUT2D eigenvalue weighted by Crippen LogP contribution is 2.28. The van der Waals surface area contributed by atoms with Crippen molar-refractivity contribution in [2.45, 2.75) is 31.2 Å². The summed E-state index contributed by atoms with van der Waals surface area (Å²) in [5.41, 5.74) is 6.56. The largest absolute Gasteiger partial charge is 0.493 e. The molecule has 3 N–H and O–H groups in total. The van der Waals surface area contributed by atoms with Crippen LogP contribution in [0.25, 0.3) is 0 Å². The van der Waals surface area contributed by atoms with Gasteiger partial charge in [-0.25, -0.2) is 4.79 Å². The van der Waals surface area contributed by atoms with Crippen LogP contribution >= 0.6 is 11.8 Å².